The third-order valence-corrected chi connectivity index (χ3v) is 4.02. The number of rotatable bonds is 2. The second kappa shape index (κ2) is 5.54. The molecule has 21 heavy (non-hydrogen) atoms. The predicted molar refractivity (Wildman–Crippen MR) is 81.4 cm³/mol. The largest absolute Gasteiger partial charge is 0.397 e. The number of ether oxygens (including phenoxy) is 1. The minimum atomic E-state index is -0.191. The average Bonchev–Trinajstić information content (AvgIpc) is 2.45. The molecular formula is C15H21N3O3. The van der Waals surface area contributed by atoms with Gasteiger partial charge in [0.15, 0.2) is 0 Å². The number of carbonyl (C=O) groups is 1. The van der Waals surface area contributed by atoms with E-state index in [1.54, 1.807) is 0 Å². The monoisotopic (exact) mass is 291 g/mol. The molecule has 0 spiro atoms. The van der Waals surface area contributed by atoms with Crippen LogP contribution >= 0.6 is 0 Å². The molecule has 0 aliphatic carbocycles. The zero-order chi connectivity index (χ0) is 15.0. The zero-order valence-electron chi connectivity index (χ0n) is 12.1. The van der Waals surface area contributed by atoms with Crippen molar-refractivity contribution in [1.82, 2.24) is 0 Å². The second-order valence-corrected chi connectivity index (χ2v) is 5.77. The smallest absolute Gasteiger partial charge is 0.224 e. The predicted octanol–water partition coefficient (Wildman–Crippen LogP) is 0.740. The Bertz CT molecular complexity index is 561. The number of aliphatic hydroxyl groups excluding tert-OH is 1. The summed E-state index contributed by atoms with van der Waals surface area (Å²) in [5, 5.41) is 12.2. The van der Waals surface area contributed by atoms with Crippen LogP contribution < -0.4 is 16.0 Å². The van der Waals surface area contributed by atoms with Crippen molar-refractivity contribution in [2.45, 2.75) is 32.0 Å². The molecule has 2 atom stereocenters. The quantitative estimate of drug-likeness (QED) is 0.700. The van der Waals surface area contributed by atoms with Crippen LogP contribution in [0.25, 0.3) is 0 Å². The molecule has 0 saturated carbocycles. The van der Waals surface area contributed by atoms with Gasteiger partial charge in [-0.05, 0) is 31.0 Å². The first-order valence-corrected chi connectivity index (χ1v) is 7.30. The van der Waals surface area contributed by atoms with E-state index in [0.717, 1.165) is 29.9 Å². The number of aryl methyl sites for hydroxylation is 1. The van der Waals surface area contributed by atoms with Crippen molar-refractivity contribution < 1.29 is 14.6 Å². The number of nitrogens with one attached hydrogen (secondary N) is 1. The van der Waals surface area contributed by atoms with Crippen molar-refractivity contribution in [3.8, 4) is 0 Å². The summed E-state index contributed by atoms with van der Waals surface area (Å²) in [6.45, 7) is 3.35. The number of hydrogen-bond donors (Lipinski definition) is 3. The van der Waals surface area contributed by atoms with E-state index in [9.17, 15) is 9.90 Å². The lowest BCUT2D eigenvalue weighted by atomic mass is 10.0. The number of hydrogen-bond acceptors (Lipinski definition) is 5. The fourth-order valence-corrected chi connectivity index (χ4v) is 3.05. The summed E-state index contributed by atoms with van der Waals surface area (Å²) in [5.74, 6) is 0.0370. The van der Waals surface area contributed by atoms with Gasteiger partial charge < -0.3 is 25.8 Å². The summed E-state index contributed by atoms with van der Waals surface area (Å²) in [7, 11) is 0. The van der Waals surface area contributed by atoms with Gasteiger partial charge in [0.2, 0.25) is 5.91 Å². The molecule has 6 heteroatoms. The molecule has 4 N–H and O–H groups in total. The molecule has 1 saturated heterocycles. The Kier molecular flexibility index (Phi) is 3.73. The molecule has 0 radical (unpaired) electrons. The molecule has 0 bridgehead atoms. The van der Waals surface area contributed by atoms with E-state index in [2.05, 4.69) is 16.3 Å². The number of fused-ring (bicyclic) bond motifs is 1. The van der Waals surface area contributed by atoms with Crippen LogP contribution in [-0.2, 0) is 16.0 Å². The Morgan fingerprint density at radius 2 is 2.24 bits per heavy atom. The molecule has 1 fully saturated rings. The lowest BCUT2D eigenvalue weighted by Crippen LogP contribution is -2.48. The van der Waals surface area contributed by atoms with Gasteiger partial charge in [-0.3, -0.25) is 4.79 Å². The van der Waals surface area contributed by atoms with E-state index >= 15 is 0 Å². The van der Waals surface area contributed by atoms with Crippen LogP contribution in [0.3, 0.4) is 0 Å². The highest BCUT2D eigenvalue weighted by molar-refractivity contribution is 5.95. The van der Waals surface area contributed by atoms with Crippen molar-refractivity contribution >= 4 is 23.0 Å². The van der Waals surface area contributed by atoms with Crippen molar-refractivity contribution in [3.63, 3.8) is 0 Å². The van der Waals surface area contributed by atoms with Crippen LogP contribution in [0.5, 0.6) is 0 Å². The summed E-state index contributed by atoms with van der Waals surface area (Å²) in [6.07, 6.45) is 1.10. The third kappa shape index (κ3) is 2.82. The first kappa shape index (κ1) is 14.2. The van der Waals surface area contributed by atoms with E-state index in [0.29, 0.717) is 18.7 Å². The van der Waals surface area contributed by atoms with Crippen LogP contribution in [0.4, 0.5) is 17.1 Å². The number of morpholine rings is 1. The molecule has 0 aromatic heterocycles. The minimum absolute atomic E-state index is 0.00173. The lowest BCUT2D eigenvalue weighted by Gasteiger charge is -2.38. The SMILES string of the molecule is CC1CN(c2cc3c(cc2N)NC(=O)CC3)CC(CO)O1. The molecule has 2 unspecified atom stereocenters. The van der Waals surface area contributed by atoms with Gasteiger partial charge in [0, 0.05) is 25.2 Å². The maximum absolute atomic E-state index is 11.4. The molecule has 2 aliphatic rings. The van der Waals surface area contributed by atoms with E-state index in [4.69, 9.17) is 10.5 Å². The number of aliphatic hydroxyl groups is 1. The molecule has 114 valence electrons. The van der Waals surface area contributed by atoms with E-state index in [-0.39, 0.29) is 24.7 Å². The van der Waals surface area contributed by atoms with E-state index in [1.807, 2.05) is 13.0 Å². The van der Waals surface area contributed by atoms with Gasteiger partial charge in [-0.1, -0.05) is 0 Å². The Morgan fingerprint density at radius 1 is 1.43 bits per heavy atom. The zero-order valence-corrected chi connectivity index (χ0v) is 12.1. The third-order valence-electron chi connectivity index (χ3n) is 4.02. The molecule has 2 heterocycles. The number of amides is 1. The standard InChI is InChI=1S/C15H21N3O3/c1-9-6-18(7-11(8-19)21-9)14-4-10-2-3-15(20)17-13(10)5-12(14)16/h4-5,9,11,19H,2-3,6-8,16H2,1H3,(H,17,20). The Balaban J connectivity index is 1.90. The van der Waals surface area contributed by atoms with Gasteiger partial charge in [0.05, 0.1) is 30.2 Å². The van der Waals surface area contributed by atoms with Gasteiger partial charge in [-0.15, -0.1) is 0 Å². The molecule has 1 amide bonds. The Labute approximate surface area is 123 Å². The lowest BCUT2D eigenvalue weighted by molar-refractivity contribution is -0.116. The maximum Gasteiger partial charge on any atom is 0.224 e. The van der Waals surface area contributed by atoms with Crippen LogP contribution in [0.2, 0.25) is 0 Å². The highest BCUT2D eigenvalue weighted by atomic mass is 16.5. The molecule has 3 rings (SSSR count). The van der Waals surface area contributed by atoms with Gasteiger partial charge in [-0.2, -0.15) is 0 Å². The van der Waals surface area contributed by atoms with Crippen LogP contribution in [0, 0.1) is 0 Å². The highest BCUT2D eigenvalue weighted by Crippen LogP contribution is 2.34. The van der Waals surface area contributed by atoms with Gasteiger partial charge >= 0.3 is 0 Å². The van der Waals surface area contributed by atoms with Crippen molar-refractivity contribution in [2.75, 3.05) is 35.6 Å². The molecule has 2 aliphatic heterocycles. The number of carbonyl (C=O) groups excluding carboxylic acids is 1. The van der Waals surface area contributed by atoms with Crippen molar-refractivity contribution in [3.05, 3.63) is 17.7 Å². The summed E-state index contributed by atoms with van der Waals surface area (Å²) in [5.41, 5.74) is 9.68. The number of anilines is 3. The first-order chi connectivity index (χ1) is 10.1. The topological polar surface area (TPSA) is 87.8 Å². The van der Waals surface area contributed by atoms with Crippen LogP contribution in [0.1, 0.15) is 18.9 Å². The number of nitrogen functional groups attached to an aromatic ring is 1. The van der Waals surface area contributed by atoms with Gasteiger partial charge in [0.1, 0.15) is 0 Å². The maximum atomic E-state index is 11.4. The van der Waals surface area contributed by atoms with Crippen molar-refractivity contribution in [2.24, 2.45) is 0 Å². The summed E-state index contributed by atoms with van der Waals surface area (Å²) in [4.78, 5) is 13.6. The van der Waals surface area contributed by atoms with Crippen molar-refractivity contribution in [1.29, 1.82) is 0 Å². The number of nitrogens with two attached hydrogens (primary N) is 1. The van der Waals surface area contributed by atoms with Gasteiger partial charge in [-0.25, -0.2) is 0 Å². The molecule has 1 aromatic carbocycles. The summed E-state index contributed by atoms with van der Waals surface area (Å²) < 4.78 is 5.66. The van der Waals surface area contributed by atoms with E-state index < -0.39 is 0 Å². The molecule has 6 nitrogen and oxygen atoms in total. The molecular weight excluding hydrogens is 270 g/mol. The van der Waals surface area contributed by atoms with E-state index in [1.165, 1.54) is 0 Å². The van der Waals surface area contributed by atoms with Crippen LogP contribution in [0.15, 0.2) is 12.1 Å². The average molecular weight is 291 g/mol. The normalized spacial score (nSPS) is 25.4. The Hall–Kier alpha value is -1.79. The number of benzene rings is 1. The fraction of sp³-hybridized carbons (Fsp3) is 0.533. The number of nitrogens with zero attached hydrogens (tertiary/aromatic N) is 1. The Morgan fingerprint density at radius 3 is 3.00 bits per heavy atom. The summed E-state index contributed by atoms with van der Waals surface area (Å²) in [6, 6.07) is 3.88. The first-order valence-electron chi connectivity index (χ1n) is 7.30. The molecule has 1 aromatic rings. The summed E-state index contributed by atoms with van der Waals surface area (Å²) >= 11 is 0. The fourth-order valence-electron chi connectivity index (χ4n) is 3.05. The highest BCUT2D eigenvalue weighted by Gasteiger charge is 2.27. The minimum Gasteiger partial charge on any atom is -0.397 e. The van der Waals surface area contributed by atoms with Gasteiger partial charge in [0.25, 0.3) is 0 Å². The second-order valence-electron chi connectivity index (χ2n) is 5.77. The van der Waals surface area contributed by atoms with Crippen LogP contribution in [-0.4, -0.2) is 42.9 Å².